The van der Waals surface area contributed by atoms with Crippen LogP contribution in [0.4, 0.5) is 10.1 Å². The number of nitrogens with two attached hydrogens (primary N) is 1. The summed E-state index contributed by atoms with van der Waals surface area (Å²) in [5, 5.41) is 0.303. The molecule has 3 nitrogen and oxygen atoms in total. The van der Waals surface area contributed by atoms with Crippen molar-refractivity contribution in [2.45, 2.75) is 19.5 Å². The van der Waals surface area contributed by atoms with Crippen LogP contribution in [-0.4, -0.2) is 5.91 Å². The van der Waals surface area contributed by atoms with Crippen molar-refractivity contribution in [3.05, 3.63) is 63.9 Å². The third-order valence-electron chi connectivity index (χ3n) is 3.68. The van der Waals surface area contributed by atoms with E-state index in [9.17, 15) is 9.18 Å². The monoisotopic (exact) mass is 304 g/mol. The second-order valence-corrected chi connectivity index (χ2v) is 5.61. The summed E-state index contributed by atoms with van der Waals surface area (Å²) < 4.78 is 13.1. The van der Waals surface area contributed by atoms with Crippen LogP contribution in [0.15, 0.2) is 36.4 Å². The van der Waals surface area contributed by atoms with Gasteiger partial charge >= 0.3 is 0 Å². The van der Waals surface area contributed by atoms with E-state index in [2.05, 4.69) is 0 Å². The van der Waals surface area contributed by atoms with E-state index in [4.69, 9.17) is 17.3 Å². The highest BCUT2D eigenvalue weighted by Crippen LogP contribution is 2.36. The molecular weight excluding hydrogens is 291 g/mol. The average Bonchev–Trinajstić information content (AvgIpc) is 2.66. The van der Waals surface area contributed by atoms with Crippen LogP contribution in [0, 0.1) is 12.7 Å². The minimum Gasteiger partial charge on any atom is -0.316 e. The summed E-state index contributed by atoms with van der Waals surface area (Å²) in [5.41, 5.74) is 9.33. The first-order chi connectivity index (χ1) is 9.97. The van der Waals surface area contributed by atoms with Gasteiger partial charge in [-0.15, -0.1) is 0 Å². The quantitative estimate of drug-likeness (QED) is 0.925. The Bertz CT molecular complexity index is 732. The van der Waals surface area contributed by atoms with Gasteiger partial charge in [-0.2, -0.15) is 0 Å². The number of carbonyl (C=O) groups excluding carboxylic acids is 1. The predicted molar refractivity (Wildman–Crippen MR) is 80.7 cm³/mol. The highest BCUT2D eigenvalue weighted by molar-refractivity contribution is 6.31. The lowest BCUT2D eigenvalue weighted by Crippen LogP contribution is -2.31. The summed E-state index contributed by atoms with van der Waals surface area (Å²) in [4.78, 5) is 13.9. The first kappa shape index (κ1) is 14.0. The summed E-state index contributed by atoms with van der Waals surface area (Å²) in [5.74, 6) is -0.569. The first-order valence-electron chi connectivity index (χ1n) is 6.59. The molecule has 2 N–H and O–H groups in total. The van der Waals surface area contributed by atoms with E-state index < -0.39 is 11.9 Å². The van der Waals surface area contributed by atoms with Crippen molar-refractivity contribution < 1.29 is 9.18 Å². The Morgan fingerprint density at radius 1 is 1.29 bits per heavy atom. The Hall–Kier alpha value is -1.91. The summed E-state index contributed by atoms with van der Waals surface area (Å²) in [7, 11) is 0. The zero-order valence-corrected chi connectivity index (χ0v) is 12.2. The van der Waals surface area contributed by atoms with E-state index in [-0.39, 0.29) is 12.5 Å². The Morgan fingerprint density at radius 2 is 2.05 bits per heavy atom. The highest BCUT2D eigenvalue weighted by Gasteiger charge is 2.34. The molecule has 2 aromatic carbocycles. The van der Waals surface area contributed by atoms with Gasteiger partial charge < -0.3 is 10.6 Å². The number of hydrogen-bond acceptors (Lipinski definition) is 2. The first-order valence-corrected chi connectivity index (χ1v) is 6.96. The maximum Gasteiger partial charge on any atom is 0.248 e. The molecule has 108 valence electrons. The maximum atomic E-state index is 13.1. The van der Waals surface area contributed by atoms with Crippen LogP contribution >= 0.6 is 11.6 Å². The zero-order chi connectivity index (χ0) is 15.1. The molecule has 0 saturated carbocycles. The van der Waals surface area contributed by atoms with E-state index >= 15 is 0 Å². The Labute approximate surface area is 127 Å². The fourth-order valence-corrected chi connectivity index (χ4v) is 2.80. The van der Waals surface area contributed by atoms with Crippen LogP contribution in [0.1, 0.15) is 22.7 Å². The molecule has 2 aromatic rings. The standard InChI is InChI=1S/C16H14ClFN2O/c1-9-2-5-14-12(6-9)15(19)16(21)20(14)8-10-3-4-11(18)7-13(10)17/h2-7,15H,8,19H2,1H3. The van der Waals surface area contributed by atoms with E-state index in [0.717, 1.165) is 16.8 Å². The number of amides is 1. The Morgan fingerprint density at radius 3 is 2.76 bits per heavy atom. The van der Waals surface area contributed by atoms with Gasteiger partial charge in [-0.1, -0.05) is 35.4 Å². The van der Waals surface area contributed by atoms with Crippen molar-refractivity contribution in [3.8, 4) is 0 Å². The predicted octanol–water partition coefficient (Wildman–Crippen LogP) is 3.33. The van der Waals surface area contributed by atoms with Gasteiger partial charge in [0.25, 0.3) is 0 Å². The molecule has 1 heterocycles. The van der Waals surface area contributed by atoms with Gasteiger partial charge in [0, 0.05) is 16.3 Å². The fourth-order valence-electron chi connectivity index (χ4n) is 2.57. The number of carbonyl (C=O) groups is 1. The molecule has 5 heteroatoms. The molecule has 1 atom stereocenters. The van der Waals surface area contributed by atoms with Crippen molar-refractivity contribution in [3.63, 3.8) is 0 Å². The van der Waals surface area contributed by atoms with Gasteiger partial charge in [-0.3, -0.25) is 4.79 Å². The number of halogens is 2. The lowest BCUT2D eigenvalue weighted by molar-refractivity contribution is -0.119. The molecule has 1 aliphatic rings. The maximum absolute atomic E-state index is 13.1. The number of nitrogens with zero attached hydrogens (tertiary/aromatic N) is 1. The van der Waals surface area contributed by atoms with Crippen molar-refractivity contribution >= 4 is 23.2 Å². The van der Waals surface area contributed by atoms with Gasteiger partial charge in [0.1, 0.15) is 11.9 Å². The second kappa shape index (κ2) is 5.13. The van der Waals surface area contributed by atoms with Crippen LogP contribution in [0.2, 0.25) is 5.02 Å². The molecule has 3 rings (SSSR count). The summed E-state index contributed by atoms with van der Waals surface area (Å²) in [6.07, 6.45) is 0. The molecule has 1 aliphatic heterocycles. The molecule has 0 bridgehead atoms. The fraction of sp³-hybridized carbons (Fsp3) is 0.188. The molecule has 0 aromatic heterocycles. The van der Waals surface area contributed by atoms with E-state index in [0.29, 0.717) is 10.6 Å². The van der Waals surface area contributed by atoms with Gasteiger partial charge in [0.15, 0.2) is 0 Å². The molecule has 21 heavy (non-hydrogen) atoms. The van der Waals surface area contributed by atoms with E-state index in [1.54, 1.807) is 11.0 Å². The Kier molecular flexibility index (Phi) is 3.43. The number of aryl methyl sites for hydroxylation is 1. The lowest BCUT2D eigenvalue weighted by atomic mass is 10.1. The van der Waals surface area contributed by atoms with Crippen LogP contribution in [0.25, 0.3) is 0 Å². The topological polar surface area (TPSA) is 46.3 Å². The molecule has 0 spiro atoms. The van der Waals surface area contributed by atoms with Crippen LogP contribution < -0.4 is 10.6 Å². The molecule has 0 fully saturated rings. The molecule has 0 saturated heterocycles. The number of fused-ring (bicyclic) bond motifs is 1. The minimum absolute atomic E-state index is 0.170. The van der Waals surface area contributed by atoms with Gasteiger partial charge in [0.05, 0.1) is 6.54 Å². The summed E-state index contributed by atoms with van der Waals surface area (Å²) in [6, 6.07) is 9.24. The molecule has 1 unspecified atom stereocenters. The SMILES string of the molecule is Cc1ccc2c(c1)C(N)C(=O)N2Cc1ccc(F)cc1Cl. The van der Waals surface area contributed by atoms with Crippen molar-refractivity contribution in [1.29, 1.82) is 0 Å². The molecule has 1 amide bonds. The third kappa shape index (κ3) is 2.41. The van der Waals surface area contributed by atoms with Crippen molar-refractivity contribution in [1.82, 2.24) is 0 Å². The second-order valence-electron chi connectivity index (χ2n) is 5.20. The van der Waals surface area contributed by atoms with Crippen molar-refractivity contribution in [2.75, 3.05) is 4.90 Å². The summed E-state index contributed by atoms with van der Waals surface area (Å²) in [6.45, 7) is 2.23. The smallest absolute Gasteiger partial charge is 0.248 e. The number of anilines is 1. The van der Waals surface area contributed by atoms with Gasteiger partial charge in [-0.25, -0.2) is 4.39 Å². The molecule has 0 aliphatic carbocycles. The van der Waals surface area contributed by atoms with Crippen molar-refractivity contribution in [2.24, 2.45) is 5.73 Å². The van der Waals surface area contributed by atoms with Crippen LogP contribution in [0.3, 0.4) is 0 Å². The number of rotatable bonds is 2. The van der Waals surface area contributed by atoms with Crippen LogP contribution in [-0.2, 0) is 11.3 Å². The Balaban J connectivity index is 1.98. The van der Waals surface area contributed by atoms with Crippen LogP contribution in [0.5, 0.6) is 0 Å². The lowest BCUT2D eigenvalue weighted by Gasteiger charge is -2.18. The number of benzene rings is 2. The number of hydrogen-bond donors (Lipinski definition) is 1. The highest BCUT2D eigenvalue weighted by atomic mass is 35.5. The molecular formula is C16H14ClFN2O. The average molecular weight is 305 g/mol. The van der Waals surface area contributed by atoms with Gasteiger partial charge in [-0.05, 0) is 30.7 Å². The summed E-state index contributed by atoms with van der Waals surface area (Å²) >= 11 is 6.04. The zero-order valence-electron chi connectivity index (χ0n) is 11.4. The van der Waals surface area contributed by atoms with E-state index in [1.165, 1.54) is 12.1 Å². The third-order valence-corrected chi connectivity index (χ3v) is 4.04. The van der Waals surface area contributed by atoms with E-state index in [1.807, 2.05) is 25.1 Å². The molecule has 0 radical (unpaired) electrons. The van der Waals surface area contributed by atoms with Gasteiger partial charge in [0.2, 0.25) is 5.91 Å². The largest absolute Gasteiger partial charge is 0.316 e. The normalized spacial score (nSPS) is 17.2. The minimum atomic E-state index is -0.654.